The van der Waals surface area contributed by atoms with Gasteiger partial charge >= 0.3 is 0 Å². The molecule has 0 spiro atoms. The first kappa shape index (κ1) is 18.0. The van der Waals surface area contributed by atoms with Crippen LogP contribution in [-0.2, 0) is 4.74 Å². The number of para-hydroxylation sites is 1. The lowest BCUT2D eigenvalue weighted by atomic mass is 10.1. The van der Waals surface area contributed by atoms with Crippen molar-refractivity contribution in [1.29, 1.82) is 0 Å². The normalized spacial score (nSPS) is 13.9. The second-order valence-electron chi connectivity index (χ2n) is 5.41. The summed E-state index contributed by atoms with van der Waals surface area (Å²) in [4.78, 5) is 0. The molecular formula is C18H31NO2. The zero-order chi connectivity index (χ0) is 15.5. The fourth-order valence-corrected chi connectivity index (χ4v) is 2.38. The average Bonchev–Trinajstić information content (AvgIpc) is 2.49. The molecule has 3 heteroatoms. The number of benzene rings is 1. The van der Waals surface area contributed by atoms with E-state index in [9.17, 15) is 0 Å². The van der Waals surface area contributed by atoms with Crippen LogP contribution in [0, 0.1) is 0 Å². The first-order valence-corrected chi connectivity index (χ1v) is 8.29. The molecule has 1 aromatic carbocycles. The van der Waals surface area contributed by atoms with Gasteiger partial charge in [0.05, 0.1) is 25.4 Å². The van der Waals surface area contributed by atoms with Crippen LogP contribution in [-0.4, -0.2) is 25.9 Å². The molecule has 0 saturated heterocycles. The highest BCUT2D eigenvalue weighted by atomic mass is 16.5. The maximum atomic E-state index is 6.01. The van der Waals surface area contributed by atoms with Gasteiger partial charge < -0.3 is 14.8 Å². The summed E-state index contributed by atoms with van der Waals surface area (Å²) >= 11 is 0. The Morgan fingerprint density at radius 3 is 2.52 bits per heavy atom. The molecule has 1 N–H and O–H groups in total. The molecule has 2 unspecified atom stereocenters. The molecule has 0 aliphatic carbocycles. The van der Waals surface area contributed by atoms with Crippen molar-refractivity contribution >= 4 is 0 Å². The number of ether oxygens (including phenoxy) is 2. The van der Waals surface area contributed by atoms with Gasteiger partial charge in [-0.05, 0) is 39.3 Å². The van der Waals surface area contributed by atoms with Crippen LogP contribution in [0.3, 0.4) is 0 Å². The topological polar surface area (TPSA) is 30.5 Å². The average molecular weight is 293 g/mol. The van der Waals surface area contributed by atoms with Gasteiger partial charge in [-0.1, -0.05) is 38.5 Å². The molecule has 21 heavy (non-hydrogen) atoms. The number of hydrogen-bond donors (Lipinski definition) is 1. The van der Waals surface area contributed by atoms with Crippen molar-refractivity contribution < 1.29 is 9.47 Å². The Morgan fingerprint density at radius 1 is 1.10 bits per heavy atom. The minimum atomic E-state index is 0.187. The van der Waals surface area contributed by atoms with Crippen molar-refractivity contribution in [2.45, 2.75) is 59.1 Å². The zero-order valence-corrected chi connectivity index (χ0v) is 14.0. The second-order valence-corrected chi connectivity index (χ2v) is 5.41. The van der Waals surface area contributed by atoms with Crippen molar-refractivity contribution in [2.24, 2.45) is 0 Å². The van der Waals surface area contributed by atoms with E-state index < -0.39 is 0 Å². The monoisotopic (exact) mass is 293 g/mol. The van der Waals surface area contributed by atoms with Crippen LogP contribution in [0.2, 0.25) is 0 Å². The quantitative estimate of drug-likeness (QED) is 0.658. The molecule has 1 aromatic rings. The smallest absolute Gasteiger partial charge is 0.124 e. The summed E-state index contributed by atoms with van der Waals surface area (Å²) in [5.74, 6) is 0.959. The van der Waals surface area contributed by atoms with Crippen LogP contribution < -0.4 is 10.1 Å². The lowest BCUT2D eigenvalue weighted by Crippen LogP contribution is -2.28. The molecule has 0 aliphatic rings. The third-order valence-corrected chi connectivity index (χ3v) is 3.48. The highest BCUT2D eigenvalue weighted by Crippen LogP contribution is 2.26. The number of rotatable bonds is 11. The number of nitrogens with one attached hydrogen (secondary N) is 1. The van der Waals surface area contributed by atoms with Crippen molar-refractivity contribution in [1.82, 2.24) is 5.32 Å². The molecule has 0 amide bonds. The molecule has 0 fully saturated rings. The minimum Gasteiger partial charge on any atom is -0.494 e. The van der Waals surface area contributed by atoms with Gasteiger partial charge in [0.15, 0.2) is 0 Å². The third-order valence-electron chi connectivity index (χ3n) is 3.48. The second kappa shape index (κ2) is 10.6. The first-order valence-electron chi connectivity index (χ1n) is 8.29. The summed E-state index contributed by atoms with van der Waals surface area (Å²) in [6, 6.07) is 8.44. The molecule has 0 bridgehead atoms. The van der Waals surface area contributed by atoms with Gasteiger partial charge in [0.25, 0.3) is 0 Å². The minimum absolute atomic E-state index is 0.187. The van der Waals surface area contributed by atoms with E-state index in [2.05, 4.69) is 38.2 Å². The molecule has 1 rings (SSSR count). The van der Waals surface area contributed by atoms with Crippen molar-refractivity contribution in [3.8, 4) is 5.75 Å². The van der Waals surface area contributed by atoms with Crippen molar-refractivity contribution in [2.75, 3.05) is 19.8 Å². The highest BCUT2D eigenvalue weighted by molar-refractivity contribution is 5.36. The highest BCUT2D eigenvalue weighted by Gasteiger charge is 2.16. The van der Waals surface area contributed by atoms with Crippen LogP contribution in [0.15, 0.2) is 24.3 Å². The van der Waals surface area contributed by atoms with E-state index in [0.717, 1.165) is 31.6 Å². The summed E-state index contributed by atoms with van der Waals surface area (Å²) in [7, 11) is 0. The first-order chi connectivity index (χ1) is 10.2. The molecule has 0 heterocycles. The molecular weight excluding hydrogens is 262 g/mol. The summed E-state index contributed by atoms with van der Waals surface area (Å²) < 4.78 is 11.8. The van der Waals surface area contributed by atoms with E-state index in [0.29, 0.717) is 19.3 Å². The summed E-state index contributed by atoms with van der Waals surface area (Å²) in [6.07, 6.45) is 3.68. The van der Waals surface area contributed by atoms with Gasteiger partial charge in [0.1, 0.15) is 5.75 Å². The summed E-state index contributed by atoms with van der Waals surface area (Å²) in [5, 5.41) is 3.58. The molecule has 0 aliphatic heterocycles. The Morgan fingerprint density at radius 2 is 1.86 bits per heavy atom. The zero-order valence-electron chi connectivity index (χ0n) is 14.0. The van der Waals surface area contributed by atoms with E-state index in [1.807, 2.05) is 19.1 Å². The lowest BCUT2D eigenvalue weighted by molar-refractivity contribution is 0.0435. The van der Waals surface area contributed by atoms with Gasteiger partial charge in [-0.15, -0.1) is 0 Å². The van der Waals surface area contributed by atoms with Crippen LogP contribution in [0.1, 0.15) is 58.6 Å². The van der Waals surface area contributed by atoms with Crippen LogP contribution >= 0.6 is 0 Å². The van der Waals surface area contributed by atoms with Gasteiger partial charge in [0.2, 0.25) is 0 Å². The van der Waals surface area contributed by atoms with Crippen LogP contribution in [0.4, 0.5) is 0 Å². The fourth-order valence-electron chi connectivity index (χ4n) is 2.38. The van der Waals surface area contributed by atoms with E-state index in [-0.39, 0.29) is 6.04 Å². The van der Waals surface area contributed by atoms with Crippen LogP contribution in [0.25, 0.3) is 0 Å². The van der Waals surface area contributed by atoms with Gasteiger partial charge in [-0.2, -0.15) is 0 Å². The van der Waals surface area contributed by atoms with E-state index in [1.54, 1.807) is 0 Å². The molecule has 0 aromatic heterocycles. The van der Waals surface area contributed by atoms with Gasteiger partial charge in [-0.25, -0.2) is 0 Å². The molecule has 3 nitrogen and oxygen atoms in total. The van der Waals surface area contributed by atoms with Gasteiger partial charge in [0, 0.05) is 5.56 Å². The Kier molecular flexibility index (Phi) is 9.11. The lowest BCUT2D eigenvalue weighted by Gasteiger charge is -2.23. The SMILES string of the molecule is CCCNC(COC(C)CCC)c1ccccc1OCC. The van der Waals surface area contributed by atoms with E-state index in [1.165, 1.54) is 5.56 Å². The molecule has 0 radical (unpaired) electrons. The number of hydrogen-bond acceptors (Lipinski definition) is 3. The maximum absolute atomic E-state index is 6.01. The standard InChI is InChI=1S/C18H31NO2/c1-5-10-15(4)21-14-17(19-13-6-2)16-11-8-9-12-18(16)20-7-3/h8-9,11-12,15,17,19H,5-7,10,13-14H2,1-4H3. The Bertz CT molecular complexity index is 381. The van der Waals surface area contributed by atoms with Crippen LogP contribution in [0.5, 0.6) is 5.75 Å². The Labute approximate surface area is 130 Å². The van der Waals surface area contributed by atoms with E-state index in [4.69, 9.17) is 9.47 Å². The van der Waals surface area contributed by atoms with Gasteiger partial charge in [-0.3, -0.25) is 0 Å². The maximum Gasteiger partial charge on any atom is 0.124 e. The van der Waals surface area contributed by atoms with Crippen molar-refractivity contribution in [3.05, 3.63) is 29.8 Å². The Balaban J connectivity index is 2.76. The van der Waals surface area contributed by atoms with Crippen molar-refractivity contribution in [3.63, 3.8) is 0 Å². The third kappa shape index (κ3) is 6.49. The summed E-state index contributed by atoms with van der Waals surface area (Å²) in [5.41, 5.74) is 1.19. The Hall–Kier alpha value is -1.06. The van der Waals surface area contributed by atoms with E-state index >= 15 is 0 Å². The fraction of sp³-hybridized carbons (Fsp3) is 0.667. The predicted molar refractivity (Wildman–Crippen MR) is 89.0 cm³/mol. The largest absolute Gasteiger partial charge is 0.494 e. The molecule has 0 saturated carbocycles. The molecule has 120 valence electrons. The predicted octanol–water partition coefficient (Wildman–Crippen LogP) is 4.33. The summed E-state index contributed by atoms with van der Waals surface area (Å²) in [6.45, 7) is 10.9. The molecule has 2 atom stereocenters.